The van der Waals surface area contributed by atoms with Crippen LogP contribution in [0.15, 0.2) is 24.3 Å². The Bertz CT molecular complexity index is 435. The number of carbonyl (C=O) groups is 2. The zero-order chi connectivity index (χ0) is 14.5. The highest BCUT2D eigenvalue weighted by molar-refractivity contribution is 6.04. The molecule has 0 unspecified atom stereocenters. The van der Waals surface area contributed by atoms with E-state index in [1.54, 1.807) is 0 Å². The molecule has 6 nitrogen and oxygen atoms in total. The predicted octanol–water partition coefficient (Wildman–Crippen LogP) is 0.619. The highest BCUT2D eigenvalue weighted by atomic mass is 16.6. The van der Waals surface area contributed by atoms with E-state index in [0.717, 1.165) is 14.2 Å². The largest absolute Gasteiger partial charge is 0.494 e. The van der Waals surface area contributed by atoms with E-state index in [4.69, 9.17) is 4.74 Å². The molecule has 0 aliphatic carbocycles. The van der Waals surface area contributed by atoms with Gasteiger partial charge < -0.3 is 19.3 Å². The Hall–Kier alpha value is -2.08. The molecule has 0 bridgehead atoms. The summed E-state index contributed by atoms with van der Waals surface area (Å²) in [6.45, 7) is 2.31. The van der Waals surface area contributed by atoms with Gasteiger partial charge in [0, 0.05) is 5.56 Å². The molecular formula is C13H16O6. The first-order chi connectivity index (χ1) is 9.00. The fraction of sp³-hybridized carbons (Fsp3) is 0.385. The van der Waals surface area contributed by atoms with Gasteiger partial charge in [-0.15, -0.1) is 0 Å². The van der Waals surface area contributed by atoms with Crippen LogP contribution in [0.4, 0.5) is 0 Å². The van der Waals surface area contributed by atoms with Gasteiger partial charge in [-0.3, -0.25) is 0 Å². The van der Waals surface area contributed by atoms with E-state index in [2.05, 4.69) is 9.47 Å². The van der Waals surface area contributed by atoms with Crippen molar-refractivity contribution in [3.8, 4) is 5.75 Å². The third-order valence-electron chi connectivity index (χ3n) is 2.54. The topological polar surface area (TPSA) is 82.1 Å². The van der Waals surface area contributed by atoms with Crippen molar-refractivity contribution in [2.75, 3.05) is 20.8 Å². The van der Waals surface area contributed by atoms with E-state index >= 15 is 0 Å². The van der Waals surface area contributed by atoms with Gasteiger partial charge in [-0.25, -0.2) is 9.59 Å². The van der Waals surface area contributed by atoms with Crippen molar-refractivity contribution in [3.63, 3.8) is 0 Å². The molecule has 0 spiro atoms. The summed E-state index contributed by atoms with van der Waals surface area (Å²) >= 11 is 0. The normalized spacial score (nSPS) is 10.7. The molecule has 0 saturated carbocycles. The fourth-order valence-corrected chi connectivity index (χ4v) is 1.57. The van der Waals surface area contributed by atoms with Crippen molar-refractivity contribution in [2.24, 2.45) is 0 Å². The minimum absolute atomic E-state index is 0.0506. The van der Waals surface area contributed by atoms with Crippen molar-refractivity contribution >= 4 is 11.9 Å². The average Bonchev–Trinajstić information content (AvgIpc) is 2.45. The van der Waals surface area contributed by atoms with Crippen LogP contribution in [0.5, 0.6) is 5.75 Å². The third-order valence-corrected chi connectivity index (χ3v) is 2.54. The van der Waals surface area contributed by atoms with E-state index in [1.807, 2.05) is 6.92 Å². The van der Waals surface area contributed by atoms with Crippen molar-refractivity contribution in [1.29, 1.82) is 0 Å². The number of hydrogen-bond donors (Lipinski definition) is 1. The lowest BCUT2D eigenvalue weighted by Gasteiger charge is -2.22. The SMILES string of the molecule is CCOc1ccc(C(O)(C(=O)OC)C(=O)OC)cc1. The van der Waals surface area contributed by atoms with E-state index in [0.29, 0.717) is 12.4 Å². The molecule has 19 heavy (non-hydrogen) atoms. The molecule has 1 aromatic carbocycles. The van der Waals surface area contributed by atoms with Crippen molar-refractivity contribution in [1.82, 2.24) is 0 Å². The van der Waals surface area contributed by atoms with Gasteiger partial charge in [-0.05, 0) is 19.1 Å². The Morgan fingerprint density at radius 1 is 1.11 bits per heavy atom. The average molecular weight is 268 g/mol. The van der Waals surface area contributed by atoms with Crippen molar-refractivity contribution < 1.29 is 28.9 Å². The van der Waals surface area contributed by atoms with Crippen LogP contribution in [0.1, 0.15) is 12.5 Å². The second-order valence-electron chi connectivity index (χ2n) is 3.65. The van der Waals surface area contributed by atoms with Crippen LogP contribution in [0.25, 0.3) is 0 Å². The summed E-state index contributed by atoms with van der Waals surface area (Å²) in [5.74, 6) is -1.66. The lowest BCUT2D eigenvalue weighted by Crippen LogP contribution is -2.45. The van der Waals surface area contributed by atoms with E-state index in [1.165, 1.54) is 24.3 Å². The smallest absolute Gasteiger partial charge is 0.354 e. The number of rotatable bonds is 5. The number of methoxy groups -OCH3 is 2. The van der Waals surface area contributed by atoms with Gasteiger partial charge in [-0.1, -0.05) is 12.1 Å². The summed E-state index contributed by atoms with van der Waals surface area (Å²) in [5, 5.41) is 10.3. The fourth-order valence-electron chi connectivity index (χ4n) is 1.57. The first kappa shape index (κ1) is 15.0. The summed E-state index contributed by atoms with van der Waals surface area (Å²) in [5.41, 5.74) is -2.43. The molecular weight excluding hydrogens is 252 g/mol. The molecule has 0 aromatic heterocycles. The molecule has 104 valence electrons. The lowest BCUT2D eigenvalue weighted by molar-refractivity contribution is -0.181. The van der Waals surface area contributed by atoms with Crippen molar-refractivity contribution in [3.05, 3.63) is 29.8 Å². The van der Waals surface area contributed by atoms with E-state index in [9.17, 15) is 14.7 Å². The number of aliphatic hydroxyl groups is 1. The van der Waals surface area contributed by atoms with Gasteiger partial charge >= 0.3 is 11.9 Å². The van der Waals surface area contributed by atoms with Crippen LogP contribution in [0.3, 0.4) is 0 Å². The molecule has 1 aromatic rings. The Kier molecular flexibility index (Phi) is 4.88. The number of benzene rings is 1. The first-order valence-electron chi connectivity index (χ1n) is 5.63. The molecule has 1 rings (SSSR count). The van der Waals surface area contributed by atoms with Crippen LogP contribution >= 0.6 is 0 Å². The van der Waals surface area contributed by atoms with Crippen molar-refractivity contribution in [2.45, 2.75) is 12.5 Å². The molecule has 0 heterocycles. The molecule has 6 heteroatoms. The summed E-state index contributed by atoms with van der Waals surface area (Å²) in [4.78, 5) is 23.3. The summed E-state index contributed by atoms with van der Waals surface area (Å²) in [6.07, 6.45) is 0. The van der Waals surface area contributed by atoms with Crippen LogP contribution in [0, 0.1) is 0 Å². The molecule has 0 atom stereocenters. The quantitative estimate of drug-likeness (QED) is 0.622. The maximum absolute atomic E-state index is 11.6. The minimum Gasteiger partial charge on any atom is -0.494 e. The first-order valence-corrected chi connectivity index (χ1v) is 5.63. The van der Waals surface area contributed by atoms with Crippen LogP contribution in [0.2, 0.25) is 0 Å². The number of ether oxygens (including phenoxy) is 3. The Balaban J connectivity index is 3.18. The summed E-state index contributed by atoms with van der Waals surface area (Å²) in [6, 6.07) is 5.88. The van der Waals surface area contributed by atoms with E-state index in [-0.39, 0.29) is 5.56 Å². The van der Waals surface area contributed by atoms with Gasteiger partial charge in [0.25, 0.3) is 5.60 Å². The number of esters is 2. The van der Waals surface area contributed by atoms with Gasteiger partial charge in [0.05, 0.1) is 20.8 Å². The second kappa shape index (κ2) is 6.19. The molecule has 1 N–H and O–H groups in total. The van der Waals surface area contributed by atoms with Gasteiger partial charge in [-0.2, -0.15) is 0 Å². The van der Waals surface area contributed by atoms with Crippen LogP contribution < -0.4 is 4.74 Å². The lowest BCUT2D eigenvalue weighted by atomic mass is 9.94. The zero-order valence-corrected chi connectivity index (χ0v) is 11.0. The molecule has 0 amide bonds. The van der Waals surface area contributed by atoms with E-state index < -0.39 is 17.5 Å². The predicted molar refractivity (Wildman–Crippen MR) is 65.5 cm³/mol. The van der Waals surface area contributed by atoms with Gasteiger partial charge in [0.2, 0.25) is 0 Å². The molecule has 0 aliphatic rings. The Morgan fingerprint density at radius 2 is 1.58 bits per heavy atom. The van der Waals surface area contributed by atoms with Gasteiger partial charge in [0.1, 0.15) is 5.75 Å². The summed E-state index contributed by atoms with van der Waals surface area (Å²) in [7, 11) is 2.15. The molecule has 0 radical (unpaired) electrons. The molecule has 0 saturated heterocycles. The minimum atomic E-state index is -2.48. The Morgan fingerprint density at radius 3 is 1.95 bits per heavy atom. The number of hydrogen-bond acceptors (Lipinski definition) is 6. The van der Waals surface area contributed by atoms with Crippen LogP contribution in [-0.2, 0) is 24.7 Å². The maximum Gasteiger partial charge on any atom is 0.354 e. The summed E-state index contributed by atoms with van der Waals surface area (Å²) < 4.78 is 14.1. The number of carbonyl (C=O) groups excluding carboxylic acids is 2. The van der Waals surface area contributed by atoms with Gasteiger partial charge in [0.15, 0.2) is 0 Å². The van der Waals surface area contributed by atoms with Crippen LogP contribution in [-0.4, -0.2) is 37.9 Å². The monoisotopic (exact) mass is 268 g/mol. The molecule has 0 fully saturated rings. The highest BCUT2D eigenvalue weighted by Crippen LogP contribution is 2.26. The highest BCUT2D eigenvalue weighted by Gasteiger charge is 2.48. The maximum atomic E-state index is 11.6. The third kappa shape index (κ3) is 2.85. The standard InChI is InChI=1S/C13H16O6/c1-4-19-10-7-5-9(6-8-10)13(16,11(14)17-2)12(15)18-3/h5-8,16H,4H2,1-3H3. The second-order valence-corrected chi connectivity index (χ2v) is 3.65. The Labute approximate surface area is 110 Å². The zero-order valence-electron chi connectivity index (χ0n) is 11.0. The molecule has 0 aliphatic heterocycles.